The minimum absolute atomic E-state index is 0.0409. The third-order valence-electron chi connectivity index (χ3n) is 9.08. The molecule has 7 nitrogen and oxygen atoms in total. The number of hydrogen-bond donors (Lipinski definition) is 4. The molecule has 2 atom stereocenters. The quantitative estimate of drug-likeness (QED) is 0.103. The van der Waals surface area contributed by atoms with Crippen LogP contribution >= 0.6 is 11.8 Å². The van der Waals surface area contributed by atoms with E-state index in [9.17, 15) is 9.59 Å². The first kappa shape index (κ1) is 52.8. The van der Waals surface area contributed by atoms with E-state index in [1.165, 1.54) is 37.0 Å². The highest BCUT2D eigenvalue weighted by molar-refractivity contribution is 8.02. The number of allylic oxidation sites excluding steroid dienone is 4. The van der Waals surface area contributed by atoms with Gasteiger partial charge in [0.15, 0.2) is 0 Å². The van der Waals surface area contributed by atoms with E-state index in [1.54, 1.807) is 17.8 Å². The summed E-state index contributed by atoms with van der Waals surface area (Å²) in [5.74, 6) is 1.91. The SMILES string of the molecule is C/C=C(\C)[C@H](CNO)NC(=O)C(CC)C1CCN(C(=O)CC)CC1.C=C/C=C(/CC)SC.CC.CC.CC1CCCCC1.Cc1ccccc1O. The highest BCUT2D eigenvalue weighted by Gasteiger charge is 2.32. The predicted octanol–water partition coefficient (Wildman–Crippen LogP) is 11.3. The first-order valence-corrected chi connectivity index (χ1v) is 20.9. The van der Waals surface area contributed by atoms with E-state index in [0.29, 0.717) is 24.6 Å². The highest BCUT2D eigenvalue weighted by Crippen LogP contribution is 2.28. The van der Waals surface area contributed by atoms with Crippen molar-refractivity contribution in [3.8, 4) is 5.75 Å². The first-order chi connectivity index (χ1) is 24.5. The number of carbonyl (C=O) groups is 2. The molecule has 2 amide bonds. The molecular formula is C43H79N3O4S. The highest BCUT2D eigenvalue weighted by atomic mass is 32.2. The maximum atomic E-state index is 12.7. The third-order valence-corrected chi connectivity index (χ3v) is 10.0. The van der Waals surface area contributed by atoms with Crippen molar-refractivity contribution in [1.29, 1.82) is 0 Å². The molecule has 1 aromatic rings. The summed E-state index contributed by atoms with van der Waals surface area (Å²) in [4.78, 5) is 27.8. The molecule has 2 fully saturated rings. The molecule has 1 aliphatic heterocycles. The van der Waals surface area contributed by atoms with Gasteiger partial charge in [0.05, 0.1) is 6.04 Å². The Morgan fingerprint density at radius 1 is 1.00 bits per heavy atom. The van der Waals surface area contributed by atoms with Gasteiger partial charge in [-0.2, -0.15) is 0 Å². The number of nitrogens with zero attached hydrogens (tertiary/aromatic N) is 1. The Bertz CT molecular complexity index is 1030. The number of carbonyl (C=O) groups excluding carboxylic acids is 2. The number of amides is 2. The van der Waals surface area contributed by atoms with Crippen LogP contribution in [0.25, 0.3) is 0 Å². The van der Waals surface area contributed by atoms with Crippen molar-refractivity contribution in [3.05, 3.63) is 65.1 Å². The second-order valence-corrected chi connectivity index (χ2v) is 13.4. The van der Waals surface area contributed by atoms with Crippen molar-refractivity contribution >= 4 is 23.6 Å². The summed E-state index contributed by atoms with van der Waals surface area (Å²) in [6, 6.07) is 7.05. The Balaban J connectivity index is -0.000000690. The van der Waals surface area contributed by atoms with E-state index in [0.717, 1.165) is 55.8 Å². The van der Waals surface area contributed by atoms with Crippen LogP contribution in [0.4, 0.5) is 0 Å². The summed E-state index contributed by atoms with van der Waals surface area (Å²) in [5.41, 5.74) is 4.09. The van der Waals surface area contributed by atoms with Gasteiger partial charge in [0, 0.05) is 32.0 Å². The summed E-state index contributed by atoms with van der Waals surface area (Å²) in [5, 5.41) is 20.9. The zero-order chi connectivity index (χ0) is 39.6. The van der Waals surface area contributed by atoms with Crippen molar-refractivity contribution < 1.29 is 19.9 Å². The van der Waals surface area contributed by atoms with Crippen LogP contribution in [0.3, 0.4) is 0 Å². The van der Waals surface area contributed by atoms with Crippen LogP contribution in [0, 0.1) is 24.7 Å². The van der Waals surface area contributed by atoms with E-state index in [1.807, 2.05) is 104 Å². The molecule has 1 saturated carbocycles. The lowest BCUT2D eigenvalue weighted by atomic mass is 9.81. The van der Waals surface area contributed by atoms with Crippen LogP contribution < -0.4 is 10.8 Å². The van der Waals surface area contributed by atoms with Crippen LogP contribution in [0.15, 0.2) is 59.6 Å². The zero-order valence-electron chi connectivity index (χ0n) is 34.8. The Kier molecular flexibility index (Phi) is 37.1. The molecule has 0 bridgehead atoms. The number of likely N-dealkylation sites (tertiary alicyclic amines) is 1. The first-order valence-electron chi connectivity index (χ1n) is 19.7. The van der Waals surface area contributed by atoms with Gasteiger partial charge in [-0.3, -0.25) is 9.59 Å². The average Bonchev–Trinajstić information content (AvgIpc) is 3.17. The monoisotopic (exact) mass is 734 g/mol. The molecule has 0 radical (unpaired) electrons. The predicted molar refractivity (Wildman–Crippen MR) is 224 cm³/mol. The summed E-state index contributed by atoms with van der Waals surface area (Å²) >= 11 is 1.78. The third kappa shape index (κ3) is 25.1. The molecule has 3 rings (SSSR count). The van der Waals surface area contributed by atoms with Gasteiger partial charge in [-0.25, -0.2) is 5.48 Å². The Morgan fingerprint density at radius 3 is 1.90 bits per heavy atom. The molecule has 4 N–H and O–H groups in total. The van der Waals surface area contributed by atoms with Gasteiger partial charge in [-0.05, 0) is 81.1 Å². The fourth-order valence-corrected chi connectivity index (χ4v) is 6.26. The smallest absolute Gasteiger partial charge is 0.223 e. The molecule has 8 heteroatoms. The van der Waals surface area contributed by atoms with Gasteiger partial charge in [-0.15, -0.1) is 11.8 Å². The molecule has 1 aliphatic carbocycles. The van der Waals surface area contributed by atoms with Crippen molar-refractivity contribution in [2.24, 2.45) is 17.8 Å². The largest absolute Gasteiger partial charge is 0.508 e. The number of hydroxylamine groups is 1. The van der Waals surface area contributed by atoms with Gasteiger partial charge < -0.3 is 20.5 Å². The van der Waals surface area contributed by atoms with E-state index < -0.39 is 0 Å². The van der Waals surface area contributed by atoms with Crippen molar-refractivity contribution in [2.75, 3.05) is 25.9 Å². The summed E-state index contributed by atoms with van der Waals surface area (Å²) in [7, 11) is 0. The number of hydrogen-bond acceptors (Lipinski definition) is 6. The number of nitrogens with one attached hydrogen (secondary N) is 2. The number of phenolic OH excluding ortho intramolecular Hbond substituents is 1. The maximum Gasteiger partial charge on any atom is 0.223 e. The van der Waals surface area contributed by atoms with Crippen LogP contribution in [0.2, 0.25) is 0 Å². The number of piperidine rings is 1. The molecule has 51 heavy (non-hydrogen) atoms. The number of rotatable bonds is 11. The number of benzene rings is 1. The maximum absolute atomic E-state index is 12.7. The molecule has 2 aliphatic rings. The van der Waals surface area contributed by atoms with Gasteiger partial charge in [0.1, 0.15) is 5.75 Å². The van der Waals surface area contributed by atoms with E-state index in [2.05, 4.69) is 37.5 Å². The number of phenols is 1. The minimum atomic E-state index is -0.205. The number of para-hydroxylation sites is 1. The second-order valence-electron chi connectivity index (χ2n) is 12.5. The second kappa shape index (κ2) is 35.8. The molecule has 0 aromatic heterocycles. The standard InChI is InChI=1S/C18H33N3O3.C7H8O.C7H12S.C7H14.2C2H6/c1-5-13(4)16(12-19-24)20-18(23)15(6-2)14-8-10-21(11-9-14)17(22)7-3;1-6-4-2-3-5-7(6)8;1-4-6-7(5-2)8-3;1-7-5-3-2-4-6-7;2*1-2/h5,14-16,19,24H,6-12H2,1-4H3,(H,20,23);2-5,8H,1H3;4,6H,1,5H2,2-3H3;7H,2-6H2,1H3;2*1-2H3/b13-5+;;7-6-;;;/t15?,16-;;;;;/m0...../s1. The molecule has 1 heterocycles. The lowest BCUT2D eigenvalue weighted by Gasteiger charge is -2.35. The molecular weight excluding hydrogens is 655 g/mol. The van der Waals surface area contributed by atoms with E-state index in [-0.39, 0.29) is 23.8 Å². The number of thioether (sulfide) groups is 1. The van der Waals surface area contributed by atoms with E-state index >= 15 is 0 Å². The van der Waals surface area contributed by atoms with Gasteiger partial charge in [0.25, 0.3) is 0 Å². The van der Waals surface area contributed by atoms with Crippen molar-refractivity contribution in [3.63, 3.8) is 0 Å². The number of aromatic hydroxyl groups is 1. The fourth-order valence-electron chi connectivity index (χ4n) is 5.74. The lowest BCUT2D eigenvalue weighted by Crippen LogP contribution is -2.48. The Labute approximate surface area is 319 Å². The molecule has 1 aromatic carbocycles. The van der Waals surface area contributed by atoms with Crippen molar-refractivity contribution in [2.45, 2.75) is 146 Å². The van der Waals surface area contributed by atoms with Crippen LogP contribution in [0.5, 0.6) is 5.75 Å². The fraction of sp³-hybridized carbons (Fsp3) is 0.674. The zero-order valence-corrected chi connectivity index (χ0v) is 35.6. The summed E-state index contributed by atoms with van der Waals surface area (Å²) < 4.78 is 0. The molecule has 1 saturated heterocycles. The summed E-state index contributed by atoms with van der Waals surface area (Å²) in [6.45, 7) is 27.6. The van der Waals surface area contributed by atoms with Crippen LogP contribution in [0.1, 0.15) is 139 Å². The van der Waals surface area contributed by atoms with Gasteiger partial charge >= 0.3 is 0 Å². The minimum Gasteiger partial charge on any atom is -0.508 e. The van der Waals surface area contributed by atoms with E-state index in [4.69, 9.17) is 10.3 Å². The molecule has 0 spiro atoms. The lowest BCUT2D eigenvalue weighted by molar-refractivity contribution is -0.133. The van der Waals surface area contributed by atoms with Crippen LogP contribution in [-0.2, 0) is 9.59 Å². The topological polar surface area (TPSA) is 102 Å². The summed E-state index contributed by atoms with van der Waals surface area (Å²) in [6.07, 6.45) is 19.5. The Hall–Kier alpha value is -2.55. The van der Waals surface area contributed by atoms with Gasteiger partial charge in [0.2, 0.25) is 11.8 Å². The molecule has 296 valence electrons. The van der Waals surface area contributed by atoms with Crippen molar-refractivity contribution in [1.82, 2.24) is 15.7 Å². The van der Waals surface area contributed by atoms with Crippen LogP contribution in [-0.4, -0.2) is 59.0 Å². The normalized spacial score (nSPS) is 15.9. The Morgan fingerprint density at radius 2 is 1.57 bits per heavy atom. The number of aryl methyl sites for hydroxylation is 1. The molecule has 1 unspecified atom stereocenters. The average molecular weight is 734 g/mol. The van der Waals surface area contributed by atoms with Gasteiger partial charge in [-0.1, -0.05) is 136 Å².